The Hall–Kier alpha value is -2.90. The molecule has 150 valence electrons. The normalized spacial score (nSPS) is 11.7. The molecule has 2 rings (SSSR count). The second-order valence-electron chi connectivity index (χ2n) is 6.12. The van der Waals surface area contributed by atoms with Gasteiger partial charge in [-0.25, -0.2) is 14.2 Å². The molecule has 0 aromatic heterocycles. The highest BCUT2D eigenvalue weighted by Gasteiger charge is 2.38. The van der Waals surface area contributed by atoms with E-state index in [1.54, 1.807) is 11.9 Å². The van der Waals surface area contributed by atoms with Gasteiger partial charge in [0.25, 0.3) is 0 Å². The summed E-state index contributed by atoms with van der Waals surface area (Å²) in [6.07, 6.45) is -3.36. The van der Waals surface area contributed by atoms with Crippen LogP contribution in [0.5, 0.6) is 0 Å². The zero-order valence-electron chi connectivity index (χ0n) is 15.7. The molecule has 0 heterocycles. The van der Waals surface area contributed by atoms with Crippen LogP contribution >= 0.6 is 0 Å². The first kappa shape index (κ1) is 21.4. The molecule has 8 heteroatoms. The van der Waals surface area contributed by atoms with Crippen LogP contribution in [0.15, 0.2) is 41.4 Å². The fourth-order valence-corrected chi connectivity index (χ4v) is 2.45. The van der Waals surface area contributed by atoms with Crippen LogP contribution in [0.2, 0.25) is 0 Å². The molecular weight excluding hydrogens is 376 g/mol. The first-order chi connectivity index (χ1) is 13.1. The van der Waals surface area contributed by atoms with Crippen LogP contribution in [0.1, 0.15) is 34.0 Å². The Kier molecular flexibility index (Phi) is 6.77. The van der Waals surface area contributed by atoms with Crippen molar-refractivity contribution in [1.82, 2.24) is 4.90 Å². The summed E-state index contributed by atoms with van der Waals surface area (Å²) in [4.78, 5) is 18.0. The number of hydrogen-bond acceptors (Lipinski definition) is 3. The molecule has 2 aromatic rings. The minimum atomic E-state index is -4.78. The van der Waals surface area contributed by atoms with Gasteiger partial charge in [-0.2, -0.15) is 13.2 Å². The molecule has 0 aliphatic rings. The predicted molar refractivity (Wildman–Crippen MR) is 98.2 cm³/mol. The third-order valence-electron chi connectivity index (χ3n) is 4.15. The van der Waals surface area contributed by atoms with Crippen molar-refractivity contribution >= 4 is 18.0 Å². The fourth-order valence-electron chi connectivity index (χ4n) is 2.45. The molecule has 0 saturated carbocycles. The second kappa shape index (κ2) is 8.86. The van der Waals surface area contributed by atoms with Crippen molar-refractivity contribution in [3.63, 3.8) is 0 Å². The van der Waals surface area contributed by atoms with E-state index in [-0.39, 0.29) is 16.8 Å². The number of carbonyl (C=O) groups excluding carboxylic acids is 1. The lowest BCUT2D eigenvalue weighted by atomic mass is 9.99. The van der Waals surface area contributed by atoms with Gasteiger partial charge in [-0.1, -0.05) is 18.2 Å². The van der Waals surface area contributed by atoms with Crippen LogP contribution in [0.25, 0.3) is 0 Å². The Bertz CT molecular complexity index is 879. The van der Waals surface area contributed by atoms with Crippen molar-refractivity contribution in [3.8, 4) is 0 Å². The van der Waals surface area contributed by atoms with Crippen LogP contribution in [0.3, 0.4) is 0 Å². The van der Waals surface area contributed by atoms with Gasteiger partial charge in [0.2, 0.25) is 0 Å². The predicted octanol–water partition coefficient (Wildman–Crippen LogP) is 5.12. The highest BCUT2D eigenvalue weighted by Crippen LogP contribution is 2.38. The number of aliphatic imine (C=N–C) groups is 1. The zero-order valence-corrected chi connectivity index (χ0v) is 15.7. The summed E-state index contributed by atoms with van der Waals surface area (Å²) in [5, 5.41) is 0. The average molecular weight is 396 g/mol. The van der Waals surface area contributed by atoms with Crippen LogP contribution < -0.4 is 0 Å². The number of esters is 1. The van der Waals surface area contributed by atoms with E-state index in [4.69, 9.17) is 4.74 Å². The van der Waals surface area contributed by atoms with Gasteiger partial charge in [0, 0.05) is 19.2 Å². The highest BCUT2D eigenvalue weighted by molar-refractivity contribution is 5.92. The molecule has 0 aliphatic heterocycles. The van der Waals surface area contributed by atoms with Crippen molar-refractivity contribution in [2.24, 2.45) is 4.99 Å². The summed E-state index contributed by atoms with van der Waals surface area (Å²) in [5.41, 5.74) is -1.76. The van der Waals surface area contributed by atoms with Crippen molar-refractivity contribution < 1.29 is 27.1 Å². The fraction of sp³-hybridized carbons (Fsp3) is 0.300. The minimum absolute atomic E-state index is 0.0740. The molecule has 0 radical (unpaired) electrons. The van der Waals surface area contributed by atoms with Crippen molar-refractivity contribution in [1.29, 1.82) is 0 Å². The van der Waals surface area contributed by atoms with E-state index in [0.717, 1.165) is 6.07 Å². The van der Waals surface area contributed by atoms with Crippen LogP contribution in [0, 0.1) is 12.7 Å². The summed E-state index contributed by atoms with van der Waals surface area (Å²) in [6.45, 7) is 3.28. The molecule has 0 unspecified atom stereocenters. The van der Waals surface area contributed by atoms with Gasteiger partial charge in [-0.15, -0.1) is 0 Å². The van der Waals surface area contributed by atoms with Gasteiger partial charge in [0.05, 0.1) is 23.2 Å². The molecule has 0 fully saturated rings. The molecule has 0 atom stereocenters. The van der Waals surface area contributed by atoms with E-state index < -0.39 is 35.7 Å². The molecule has 0 spiro atoms. The van der Waals surface area contributed by atoms with E-state index in [0.29, 0.717) is 6.54 Å². The molecule has 2 aromatic carbocycles. The Balaban J connectivity index is 2.35. The van der Waals surface area contributed by atoms with Gasteiger partial charge in [0.1, 0.15) is 12.4 Å². The van der Waals surface area contributed by atoms with Crippen molar-refractivity contribution in [3.05, 3.63) is 64.5 Å². The molecule has 4 nitrogen and oxygen atoms in total. The number of halogens is 4. The van der Waals surface area contributed by atoms with Crippen molar-refractivity contribution in [2.45, 2.75) is 26.6 Å². The first-order valence-electron chi connectivity index (χ1n) is 8.50. The number of alkyl halides is 3. The largest absolute Gasteiger partial charge is 0.457 e. The van der Waals surface area contributed by atoms with Crippen molar-refractivity contribution in [2.75, 3.05) is 13.6 Å². The number of nitrogens with zero attached hydrogens (tertiary/aromatic N) is 2. The number of benzene rings is 2. The molecule has 0 bridgehead atoms. The van der Waals surface area contributed by atoms with Gasteiger partial charge >= 0.3 is 12.1 Å². The maximum Gasteiger partial charge on any atom is 0.417 e. The van der Waals surface area contributed by atoms with E-state index in [2.05, 4.69) is 4.99 Å². The zero-order chi connectivity index (χ0) is 20.9. The van der Waals surface area contributed by atoms with Gasteiger partial charge in [0.15, 0.2) is 0 Å². The molecular formula is C20H20F4N2O2. The van der Waals surface area contributed by atoms with Crippen LogP contribution in [-0.2, 0) is 17.5 Å². The maximum absolute atomic E-state index is 13.6. The number of carbonyl (C=O) groups is 1. The average Bonchev–Trinajstić information content (AvgIpc) is 2.64. The van der Waals surface area contributed by atoms with E-state index >= 15 is 0 Å². The minimum Gasteiger partial charge on any atom is -0.457 e. The molecule has 0 saturated heterocycles. The SMILES string of the molecule is CCN(C)/C=N/c1ccc(C(=O)OCc2ccccc2F)c(C(F)(F)F)c1C. The Labute approximate surface area is 160 Å². The highest BCUT2D eigenvalue weighted by atomic mass is 19.4. The molecule has 0 N–H and O–H groups in total. The lowest BCUT2D eigenvalue weighted by Crippen LogP contribution is -2.17. The summed E-state index contributed by atoms with van der Waals surface area (Å²) >= 11 is 0. The van der Waals surface area contributed by atoms with Gasteiger partial charge < -0.3 is 9.64 Å². The van der Waals surface area contributed by atoms with Gasteiger partial charge in [-0.05, 0) is 37.6 Å². The van der Waals surface area contributed by atoms with Crippen LogP contribution in [-0.4, -0.2) is 30.8 Å². The molecule has 0 aliphatic carbocycles. The lowest BCUT2D eigenvalue weighted by Gasteiger charge is -2.17. The lowest BCUT2D eigenvalue weighted by molar-refractivity contribution is -0.138. The summed E-state index contributed by atoms with van der Waals surface area (Å²) < 4.78 is 59.4. The third-order valence-corrected chi connectivity index (χ3v) is 4.15. The second-order valence-corrected chi connectivity index (χ2v) is 6.12. The van der Waals surface area contributed by atoms with E-state index in [9.17, 15) is 22.4 Å². The summed E-state index contributed by atoms with van der Waals surface area (Å²) in [6, 6.07) is 7.91. The number of hydrogen-bond donors (Lipinski definition) is 0. The summed E-state index contributed by atoms with van der Waals surface area (Å²) in [7, 11) is 1.73. The smallest absolute Gasteiger partial charge is 0.417 e. The Morgan fingerprint density at radius 3 is 2.50 bits per heavy atom. The summed E-state index contributed by atoms with van der Waals surface area (Å²) in [5.74, 6) is -1.79. The standard InChI is InChI=1S/C20H20F4N2O2/c1-4-26(3)12-25-17-10-9-15(18(13(17)2)20(22,23)24)19(27)28-11-14-7-5-6-8-16(14)21/h5-10,12H,4,11H2,1-3H3/b25-12+. The monoisotopic (exact) mass is 396 g/mol. The quantitative estimate of drug-likeness (QED) is 0.295. The van der Waals surface area contributed by atoms with E-state index in [1.165, 1.54) is 43.6 Å². The molecule has 0 amide bonds. The molecule has 28 heavy (non-hydrogen) atoms. The first-order valence-corrected chi connectivity index (χ1v) is 8.50. The number of rotatable bonds is 6. The van der Waals surface area contributed by atoms with Crippen LogP contribution in [0.4, 0.5) is 23.2 Å². The maximum atomic E-state index is 13.6. The topological polar surface area (TPSA) is 41.9 Å². The van der Waals surface area contributed by atoms with Gasteiger partial charge in [-0.3, -0.25) is 0 Å². The third kappa shape index (κ3) is 5.09. The Morgan fingerprint density at radius 2 is 1.89 bits per heavy atom. The van der Waals surface area contributed by atoms with E-state index in [1.807, 2.05) is 6.92 Å². The number of ether oxygens (including phenoxy) is 1. The Morgan fingerprint density at radius 1 is 1.21 bits per heavy atom.